The summed E-state index contributed by atoms with van der Waals surface area (Å²) in [6, 6.07) is 18.4. The Morgan fingerprint density at radius 3 is 2.50 bits per heavy atom. The van der Waals surface area contributed by atoms with Crippen molar-refractivity contribution in [2.24, 2.45) is 0 Å². The van der Waals surface area contributed by atoms with E-state index in [1.807, 2.05) is 31.3 Å². The molecule has 0 spiro atoms. The fourth-order valence-electron chi connectivity index (χ4n) is 3.24. The molecule has 2 aromatic heterocycles. The first-order valence-electron chi connectivity index (χ1n) is 8.41. The number of benzene rings is 2. The second-order valence-corrected chi connectivity index (χ2v) is 6.26. The second-order valence-electron chi connectivity index (χ2n) is 6.26. The van der Waals surface area contributed by atoms with E-state index in [9.17, 15) is 0 Å². The summed E-state index contributed by atoms with van der Waals surface area (Å²) in [7, 11) is 1.67. The maximum atomic E-state index is 6.08. The first kappa shape index (κ1) is 16.1. The Labute approximate surface area is 152 Å². The molecule has 4 rings (SSSR count). The highest BCUT2D eigenvalue weighted by Gasteiger charge is 2.11. The van der Waals surface area contributed by atoms with Crippen molar-refractivity contribution in [2.45, 2.75) is 6.92 Å². The molecule has 2 aromatic carbocycles. The predicted molar refractivity (Wildman–Crippen MR) is 106 cm³/mol. The zero-order valence-electron chi connectivity index (χ0n) is 14.7. The first-order chi connectivity index (χ1) is 12.7. The summed E-state index contributed by atoms with van der Waals surface area (Å²) in [6.07, 6.45) is 3.65. The van der Waals surface area contributed by atoms with Crippen LogP contribution in [0.25, 0.3) is 33.2 Å². The van der Waals surface area contributed by atoms with E-state index in [2.05, 4.69) is 46.4 Å². The van der Waals surface area contributed by atoms with Gasteiger partial charge in [-0.1, -0.05) is 24.3 Å². The molecule has 0 saturated heterocycles. The van der Waals surface area contributed by atoms with Gasteiger partial charge in [0.1, 0.15) is 11.6 Å². The number of aromatic nitrogens is 2. The van der Waals surface area contributed by atoms with Gasteiger partial charge in [-0.2, -0.15) is 0 Å². The molecular weight excluding hydrogens is 322 g/mol. The lowest BCUT2D eigenvalue weighted by Gasteiger charge is -2.12. The molecule has 0 saturated carbocycles. The van der Waals surface area contributed by atoms with E-state index in [-0.39, 0.29) is 0 Å². The Morgan fingerprint density at radius 1 is 0.923 bits per heavy atom. The highest BCUT2D eigenvalue weighted by molar-refractivity contribution is 5.97. The molecule has 0 atom stereocenters. The van der Waals surface area contributed by atoms with Crippen LogP contribution in [0.3, 0.4) is 0 Å². The summed E-state index contributed by atoms with van der Waals surface area (Å²) in [5, 5.41) is 1.06. The minimum Gasteiger partial charge on any atom is -0.496 e. The number of aryl methyl sites for hydroxylation is 1. The van der Waals surface area contributed by atoms with Gasteiger partial charge in [0.15, 0.2) is 0 Å². The van der Waals surface area contributed by atoms with Crippen LogP contribution in [0.5, 0.6) is 5.75 Å². The lowest BCUT2D eigenvalue weighted by Crippen LogP contribution is -1.95. The van der Waals surface area contributed by atoms with E-state index >= 15 is 0 Å². The number of pyridine rings is 2. The SMILES string of the molecule is COc1cc2nc(N)cc(-c3cccc(-c4cccnc4)c3)c2cc1C. The monoisotopic (exact) mass is 341 g/mol. The van der Waals surface area contributed by atoms with Crippen LogP contribution in [-0.4, -0.2) is 17.1 Å². The third kappa shape index (κ3) is 2.86. The molecule has 2 N–H and O–H groups in total. The number of anilines is 1. The molecule has 0 unspecified atom stereocenters. The highest BCUT2D eigenvalue weighted by atomic mass is 16.5. The zero-order valence-corrected chi connectivity index (χ0v) is 14.7. The Balaban J connectivity index is 1.93. The third-order valence-electron chi connectivity index (χ3n) is 4.51. The van der Waals surface area contributed by atoms with Gasteiger partial charge in [0.2, 0.25) is 0 Å². The van der Waals surface area contributed by atoms with Crippen LogP contribution in [0.4, 0.5) is 5.82 Å². The lowest BCUT2D eigenvalue weighted by atomic mass is 9.96. The maximum absolute atomic E-state index is 6.08. The van der Waals surface area contributed by atoms with Crippen molar-refractivity contribution in [1.29, 1.82) is 0 Å². The Hall–Kier alpha value is -3.40. The molecular formula is C22H19N3O. The molecule has 0 fully saturated rings. The fraction of sp³-hybridized carbons (Fsp3) is 0.0909. The smallest absolute Gasteiger partial charge is 0.124 e. The minimum absolute atomic E-state index is 0.491. The van der Waals surface area contributed by atoms with Crippen molar-refractivity contribution in [3.63, 3.8) is 0 Å². The molecule has 26 heavy (non-hydrogen) atoms. The molecule has 0 aliphatic heterocycles. The van der Waals surface area contributed by atoms with Crippen LogP contribution in [0.2, 0.25) is 0 Å². The van der Waals surface area contributed by atoms with Crippen LogP contribution in [0, 0.1) is 6.92 Å². The van der Waals surface area contributed by atoms with Crippen molar-refractivity contribution >= 4 is 16.7 Å². The van der Waals surface area contributed by atoms with Crippen LogP contribution >= 0.6 is 0 Å². The van der Waals surface area contributed by atoms with Gasteiger partial charge >= 0.3 is 0 Å². The molecule has 0 aliphatic carbocycles. The number of nitrogens with zero attached hydrogens (tertiary/aromatic N) is 2. The second kappa shape index (κ2) is 6.48. The topological polar surface area (TPSA) is 61.0 Å². The average Bonchev–Trinajstić information content (AvgIpc) is 2.68. The number of hydrogen-bond donors (Lipinski definition) is 1. The Bertz CT molecular complexity index is 1090. The molecule has 128 valence electrons. The standard InChI is InChI=1S/C22H19N3O/c1-14-9-19-18(11-22(23)25-20(19)12-21(14)26-2)16-6-3-5-15(10-16)17-7-4-8-24-13-17/h3-13H,1-2H3,(H2,23,25). The zero-order chi connectivity index (χ0) is 18.1. The van der Waals surface area contributed by atoms with Gasteiger partial charge in [-0.15, -0.1) is 0 Å². The lowest BCUT2D eigenvalue weighted by molar-refractivity contribution is 0.412. The van der Waals surface area contributed by atoms with E-state index in [0.717, 1.165) is 44.5 Å². The summed E-state index contributed by atoms with van der Waals surface area (Å²) >= 11 is 0. The summed E-state index contributed by atoms with van der Waals surface area (Å²) in [5.41, 5.74) is 12.3. The van der Waals surface area contributed by atoms with E-state index in [1.165, 1.54) is 0 Å². The van der Waals surface area contributed by atoms with E-state index in [4.69, 9.17) is 10.5 Å². The third-order valence-corrected chi connectivity index (χ3v) is 4.51. The molecule has 0 radical (unpaired) electrons. The van der Waals surface area contributed by atoms with Crippen LogP contribution in [0.15, 0.2) is 67.0 Å². The number of fused-ring (bicyclic) bond motifs is 1. The van der Waals surface area contributed by atoms with Crippen molar-refractivity contribution in [2.75, 3.05) is 12.8 Å². The van der Waals surface area contributed by atoms with Crippen LogP contribution in [-0.2, 0) is 0 Å². The van der Waals surface area contributed by atoms with Gasteiger partial charge in [-0.25, -0.2) is 4.98 Å². The quantitative estimate of drug-likeness (QED) is 0.578. The Morgan fingerprint density at radius 2 is 1.73 bits per heavy atom. The summed E-state index contributed by atoms with van der Waals surface area (Å²) in [4.78, 5) is 8.69. The van der Waals surface area contributed by atoms with Gasteiger partial charge in [-0.3, -0.25) is 4.98 Å². The number of methoxy groups -OCH3 is 1. The maximum Gasteiger partial charge on any atom is 0.124 e. The van der Waals surface area contributed by atoms with Crippen LogP contribution < -0.4 is 10.5 Å². The van der Waals surface area contributed by atoms with Gasteiger partial charge in [0, 0.05) is 29.4 Å². The summed E-state index contributed by atoms with van der Waals surface area (Å²) in [5.74, 6) is 1.30. The number of ether oxygens (including phenoxy) is 1. The van der Waals surface area contributed by atoms with Crippen LogP contribution in [0.1, 0.15) is 5.56 Å². The molecule has 2 heterocycles. The van der Waals surface area contributed by atoms with Gasteiger partial charge in [0.05, 0.1) is 12.6 Å². The number of nitrogen functional groups attached to an aromatic ring is 1. The van der Waals surface area contributed by atoms with E-state index in [0.29, 0.717) is 5.82 Å². The number of nitrogens with two attached hydrogens (primary N) is 1. The largest absolute Gasteiger partial charge is 0.496 e. The highest BCUT2D eigenvalue weighted by Crippen LogP contribution is 2.35. The van der Waals surface area contributed by atoms with Crippen molar-refractivity contribution < 1.29 is 4.74 Å². The summed E-state index contributed by atoms with van der Waals surface area (Å²) < 4.78 is 5.43. The molecule has 4 nitrogen and oxygen atoms in total. The van der Waals surface area contributed by atoms with Gasteiger partial charge < -0.3 is 10.5 Å². The van der Waals surface area contributed by atoms with Crippen molar-refractivity contribution in [3.8, 4) is 28.0 Å². The van der Waals surface area contributed by atoms with Crippen molar-refractivity contribution in [1.82, 2.24) is 9.97 Å². The normalized spacial score (nSPS) is 10.8. The van der Waals surface area contributed by atoms with Gasteiger partial charge in [0.25, 0.3) is 0 Å². The molecule has 0 amide bonds. The Kier molecular flexibility index (Phi) is 4.01. The predicted octanol–water partition coefficient (Wildman–Crippen LogP) is 4.86. The van der Waals surface area contributed by atoms with Gasteiger partial charge in [-0.05, 0) is 53.4 Å². The molecule has 0 bridgehead atoms. The van der Waals surface area contributed by atoms with E-state index < -0.39 is 0 Å². The fourth-order valence-corrected chi connectivity index (χ4v) is 3.24. The average molecular weight is 341 g/mol. The molecule has 4 aromatic rings. The minimum atomic E-state index is 0.491. The molecule has 4 heteroatoms. The number of rotatable bonds is 3. The summed E-state index contributed by atoms with van der Waals surface area (Å²) in [6.45, 7) is 2.03. The van der Waals surface area contributed by atoms with E-state index in [1.54, 1.807) is 13.3 Å². The first-order valence-corrected chi connectivity index (χ1v) is 8.41. The van der Waals surface area contributed by atoms with Crippen molar-refractivity contribution in [3.05, 3.63) is 72.6 Å². The molecule has 0 aliphatic rings. The number of hydrogen-bond acceptors (Lipinski definition) is 4.